The zero-order valence-electron chi connectivity index (χ0n) is 52.2. The Labute approximate surface area is 439 Å². The van der Waals surface area contributed by atoms with Crippen LogP contribution in [0.5, 0.6) is 0 Å². The van der Waals surface area contributed by atoms with Crippen molar-refractivity contribution in [1.29, 1.82) is 0 Å². The van der Waals surface area contributed by atoms with Crippen LogP contribution in [0.2, 0.25) is 0 Å². The summed E-state index contributed by atoms with van der Waals surface area (Å²) in [5, 5.41) is 2.20. The van der Waals surface area contributed by atoms with Crippen LogP contribution in [0.3, 0.4) is 0 Å². The van der Waals surface area contributed by atoms with Gasteiger partial charge in [0.05, 0.1) is 52.8 Å². The SMILES string of the molecule is [2H]c1c([2H])c([2H])c(-c2cccc(-c3c([2H])c([2H])c([2H])c([2H])c3[2H])c2-[n+]2[c-]n(-c3cccc(N(c4ccc5c6ccccc6n(-c6cc(C(C)(C)C)ccn6)c5c4)c4c(C(C)C)cc(C(C)C)cc4C(C)C)c3)c3ccccc32)c([2H])c1[2H]. The Hall–Kier alpha value is -8.02. The molecule has 11 rings (SSSR count). The second-order valence-electron chi connectivity index (χ2n) is 20.5. The lowest BCUT2D eigenvalue weighted by Gasteiger charge is -2.33. The zero-order valence-corrected chi connectivity index (χ0v) is 42.2. The predicted molar refractivity (Wildman–Crippen MR) is 302 cm³/mol. The number of anilines is 3. The van der Waals surface area contributed by atoms with Crippen LogP contribution >= 0.6 is 0 Å². The lowest BCUT2D eigenvalue weighted by atomic mass is 9.86. The highest BCUT2D eigenvalue weighted by molar-refractivity contribution is 6.10. The van der Waals surface area contributed by atoms with E-state index >= 15 is 0 Å². The molecule has 0 bridgehead atoms. The lowest BCUT2D eigenvalue weighted by molar-refractivity contribution is -0.571. The van der Waals surface area contributed by atoms with Gasteiger partial charge in [0.1, 0.15) is 5.82 Å². The summed E-state index contributed by atoms with van der Waals surface area (Å²) in [7, 11) is 0. The third-order valence-electron chi connectivity index (χ3n) is 13.8. The highest BCUT2D eigenvalue weighted by Crippen LogP contribution is 2.47. The molecular formula is C67H63N5. The largest absolute Gasteiger partial charge is 0.310 e. The van der Waals surface area contributed by atoms with Crippen molar-refractivity contribution in [2.24, 2.45) is 0 Å². The van der Waals surface area contributed by atoms with Gasteiger partial charge in [-0.1, -0.05) is 208 Å². The van der Waals surface area contributed by atoms with Gasteiger partial charge in [-0.05, 0) is 116 Å². The number of pyridine rings is 1. The van der Waals surface area contributed by atoms with Crippen molar-refractivity contribution in [3.05, 3.63) is 229 Å². The summed E-state index contributed by atoms with van der Waals surface area (Å²) >= 11 is 0. The van der Waals surface area contributed by atoms with E-state index in [0.29, 0.717) is 16.7 Å². The van der Waals surface area contributed by atoms with Gasteiger partial charge in [0.25, 0.3) is 6.33 Å². The fraction of sp³-hybridized carbons (Fsp3) is 0.194. The third-order valence-corrected chi connectivity index (χ3v) is 13.8. The molecule has 0 amide bonds. The van der Waals surface area contributed by atoms with Crippen molar-refractivity contribution in [3.63, 3.8) is 0 Å². The van der Waals surface area contributed by atoms with E-state index in [-0.39, 0.29) is 51.1 Å². The molecular weight excluding hydrogens is 875 g/mol. The molecule has 5 heteroatoms. The molecule has 0 saturated carbocycles. The van der Waals surface area contributed by atoms with Gasteiger partial charge < -0.3 is 4.90 Å². The predicted octanol–water partition coefficient (Wildman–Crippen LogP) is 17.7. The van der Waals surface area contributed by atoms with Crippen molar-refractivity contribution in [3.8, 4) is 39.4 Å². The molecule has 5 nitrogen and oxygen atoms in total. The average molecular weight is 948 g/mol. The van der Waals surface area contributed by atoms with Gasteiger partial charge in [0.2, 0.25) is 0 Å². The Morgan fingerprint density at radius 1 is 0.569 bits per heavy atom. The Kier molecular flexibility index (Phi) is 9.31. The normalized spacial score (nSPS) is 14.0. The number of aromatic nitrogens is 4. The third kappa shape index (κ3) is 8.27. The van der Waals surface area contributed by atoms with E-state index in [1.54, 1.807) is 22.8 Å². The fourth-order valence-electron chi connectivity index (χ4n) is 10.1. The first-order valence-electron chi connectivity index (χ1n) is 29.8. The number of para-hydroxylation sites is 4. The molecule has 0 saturated heterocycles. The van der Waals surface area contributed by atoms with Crippen molar-refractivity contribution in [2.75, 3.05) is 4.90 Å². The van der Waals surface area contributed by atoms with Gasteiger partial charge in [-0.3, -0.25) is 13.7 Å². The maximum Gasteiger partial charge on any atom is 0.269 e. The summed E-state index contributed by atoms with van der Waals surface area (Å²) in [6, 6.07) is 39.8. The molecule has 8 aromatic carbocycles. The summed E-state index contributed by atoms with van der Waals surface area (Å²) in [4.78, 5) is 7.40. The van der Waals surface area contributed by atoms with E-state index in [1.807, 2.05) is 47.2 Å². The average Bonchev–Trinajstić information content (AvgIpc) is 4.11. The number of fused-ring (bicyclic) bond motifs is 4. The second kappa shape index (κ2) is 18.6. The summed E-state index contributed by atoms with van der Waals surface area (Å²) < 4.78 is 94.6. The minimum atomic E-state index is -0.561. The minimum absolute atomic E-state index is 0.117. The van der Waals surface area contributed by atoms with Crippen molar-refractivity contribution in [2.45, 2.75) is 85.5 Å². The van der Waals surface area contributed by atoms with E-state index in [4.69, 9.17) is 13.2 Å². The fourth-order valence-corrected chi connectivity index (χ4v) is 10.1. The molecule has 0 radical (unpaired) electrons. The van der Waals surface area contributed by atoms with Crippen LogP contribution in [0, 0.1) is 6.33 Å². The van der Waals surface area contributed by atoms with Gasteiger partial charge in [-0.15, -0.1) is 0 Å². The summed E-state index contributed by atoms with van der Waals surface area (Å²) in [5.41, 5.74) is 11.9. The first-order valence-corrected chi connectivity index (χ1v) is 24.8. The number of nitrogens with zero attached hydrogens (tertiary/aromatic N) is 5. The van der Waals surface area contributed by atoms with E-state index in [9.17, 15) is 5.48 Å². The number of rotatable bonds is 11. The molecule has 3 heterocycles. The Balaban J connectivity index is 1.21. The maximum absolute atomic E-state index is 9.21. The topological polar surface area (TPSA) is 29.9 Å². The van der Waals surface area contributed by atoms with Crippen LogP contribution in [0.25, 0.3) is 72.3 Å². The number of benzene rings is 8. The first kappa shape index (κ1) is 36.0. The van der Waals surface area contributed by atoms with Gasteiger partial charge in [0, 0.05) is 28.3 Å². The van der Waals surface area contributed by atoms with Gasteiger partial charge in [0.15, 0.2) is 0 Å². The van der Waals surface area contributed by atoms with Crippen molar-refractivity contribution < 1.29 is 18.3 Å². The van der Waals surface area contributed by atoms with E-state index in [1.165, 1.54) is 22.3 Å². The van der Waals surface area contributed by atoms with Crippen LogP contribution in [0.1, 0.15) is 116 Å². The molecule has 0 aliphatic carbocycles. The molecule has 0 aliphatic rings. The van der Waals surface area contributed by atoms with Crippen LogP contribution in [0.4, 0.5) is 17.1 Å². The highest BCUT2D eigenvalue weighted by Gasteiger charge is 2.27. The molecule has 3 aromatic heterocycles. The summed E-state index contributed by atoms with van der Waals surface area (Å²) in [6.45, 7) is 20.1. The van der Waals surface area contributed by atoms with E-state index in [0.717, 1.165) is 44.7 Å². The van der Waals surface area contributed by atoms with E-state index in [2.05, 4.69) is 157 Å². The van der Waals surface area contributed by atoms with Gasteiger partial charge >= 0.3 is 0 Å². The molecule has 0 unspecified atom stereocenters. The van der Waals surface area contributed by atoms with Crippen LogP contribution in [-0.2, 0) is 5.41 Å². The highest BCUT2D eigenvalue weighted by atomic mass is 15.2. The van der Waals surface area contributed by atoms with Crippen LogP contribution in [-0.4, -0.2) is 14.1 Å². The zero-order chi connectivity index (χ0) is 58.5. The molecule has 0 aliphatic heterocycles. The monoisotopic (exact) mass is 948 g/mol. The van der Waals surface area contributed by atoms with Crippen LogP contribution in [0.15, 0.2) is 200 Å². The van der Waals surface area contributed by atoms with Crippen molar-refractivity contribution in [1.82, 2.24) is 14.1 Å². The minimum Gasteiger partial charge on any atom is -0.310 e. The smallest absolute Gasteiger partial charge is 0.269 e. The molecule has 72 heavy (non-hydrogen) atoms. The second-order valence-corrected chi connectivity index (χ2v) is 20.5. The Morgan fingerprint density at radius 3 is 1.81 bits per heavy atom. The summed E-state index contributed by atoms with van der Waals surface area (Å²) in [6.07, 6.45) is 5.50. The molecule has 0 N–H and O–H groups in total. The lowest BCUT2D eigenvalue weighted by Crippen LogP contribution is -2.31. The molecule has 0 atom stereocenters. The Bertz CT molecular complexity index is 4220. The number of hydrogen-bond acceptors (Lipinski definition) is 2. The molecule has 0 fully saturated rings. The first-order chi connectivity index (χ1) is 39.0. The number of imidazole rings is 1. The molecule has 356 valence electrons. The van der Waals surface area contributed by atoms with Crippen LogP contribution < -0.4 is 9.47 Å². The summed E-state index contributed by atoms with van der Waals surface area (Å²) in [5.74, 6) is 1.34. The molecule has 0 spiro atoms. The molecule has 11 aromatic rings. The van der Waals surface area contributed by atoms with E-state index < -0.39 is 60.4 Å². The number of hydrogen-bond donors (Lipinski definition) is 0. The maximum atomic E-state index is 9.21. The van der Waals surface area contributed by atoms with Gasteiger partial charge in [-0.25, -0.2) is 4.98 Å². The standard InChI is InChI=1S/C67H63N5/c1-44(2)49-38-58(45(3)4)66(59(39-49)46(5)6)71(53-34-35-57-56-28-16-17-31-60(56)72(63(57)42-53)64-40-50(36-37-68-64)67(7,8)9)52-27-20-26-51(41-52)69-43-70(62-33-19-18-32-61(62)69)65-54(47-22-12-10-13-23-47)29-21-30-55(65)48-24-14-11-15-25-48/h10-42,44-46H,1-9H3/i10D,11D,12D,13D,14D,15D,22D,23D,24D,25D. The van der Waals surface area contributed by atoms with Gasteiger partial charge in [-0.2, -0.15) is 0 Å². The quantitative estimate of drug-likeness (QED) is 0.0955. The Morgan fingerprint density at radius 2 is 1.17 bits per heavy atom. The van der Waals surface area contributed by atoms with Crippen molar-refractivity contribution >= 4 is 49.9 Å².